The molecule has 0 unspecified atom stereocenters. The van der Waals surface area contributed by atoms with Crippen molar-refractivity contribution in [1.82, 2.24) is 0 Å². The van der Waals surface area contributed by atoms with Crippen molar-refractivity contribution in [1.29, 1.82) is 0 Å². The molecule has 1 fully saturated rings. The van der Waals surface area contributed by atoms with E-state index >= 15 is 0 Å². The van der Waals surface area contributed by atoms with Gasteiger partial charge in [-0.3, -0.25) is 4.79 Å². The number of benzene rings is 2. The number of thioether (sulfide) groups is 2. The molecule has 0 saturated carbocycles. The summed E-state index contributed by atoms with van der Waals surface area (Å²) in [4.78, 5) is 12.3. The number of rotatable bonds is 7. The van der Waals surface area contributed by atoms with Gasteiger partial charge in [-0.15, -0.1) is 23.5 Å². The summed E-state index contributed by atoms with van der Waals surface area (Å²) in [5, 5.41) is 2.86. The highest BCUT2D eigenvalue weighted by Gasteiger charge is 2.17. The van der Waals surface area contributed by atoms with E-state index in [0.29, 0.717) is 10.1 Å². The summed E-state index contributed by atoms with van der Waals surface area (Å²) < 4.78 is 34.7. The Bertz CT molecular complexity index is 871. The second-order valence-electron chi connectivity index (χ2n) is 6.16. The first kappa shape index (κ1) is 21.5. The molecule has 3 rings (SSSR count). The van der Waals surface area contributed by atoms with E-state index < -0.39 is 6.61 Å². The first-order chi connectivity index (χ1) is 14.0. The van der Waals surface area contributed by atoms with Crippen LogP contribution in [0.3, 0.4) is 0 Å². The van der Waals surface area contributed by atoms with Crippen LogP contribution in [0.25, 0.3) is 6.08 Å². The molecule has 0 radical (unpaired) electrons. The second-order valence-corrected chi connectivity index (χ2v) is 8.89. The van der Waals surface area contributed by atoms with Crippen molar-refractivity contribution in [2.75, 3.05) is 23.9 Å². The van der Waals surface area contributed by atoms with E-state index in [9.17, 15) is 13.6 Å². The summed E-state index contributed by atoms with van der Waals surface area (Å²) in [6.07, 6.45) is 4.20. The summed E-state index contributed by atoms with van der Waals surface area (Å²) in [5.41, 5.74) is 2.56. The number of halogens is 2. The molecule has 0 aliphatic carbocycles. The Morgan fingerprint density at radius 2 is 1.97 bits per heavy atom. The van der Waals surface area contributed by atoms with Crippen LogP contribution < -0.4 is 14.8 Å². The van der Waals surface area contributed by atoms with Gasteiger partial charge in [-0.05, 0) is 59.4 Å². The number of carbonyl (C=O) groups excluding carboxylic acids is 1. The van der Waals surface area contributed by atoms with Gasteiger partial charge in [0.2, 0.25) is 5.91 Å². The maximum absolute atomic E-state index is 12.4. The van der Waals surface area contributed by atoms with Gasteiger partial charge in [0, 0.05) is 11.8 Å². The number of ether oxygens (including phenoxy) is 2. The van der Waals surface area contributed by atoms with Crippen LogP contribution >= 0.6 is 23.5 Å². The monoisotopic (exact) mass is 437 g/mol. The summed E-state index contributed by atoms with van der Waals surface area (Å²) >= 11 is 3.85. The van der Waals surface area contributed by atoms with Crippen LogP contribution in [-0.2, 0) is 4.79 Å². The van der Waals surface area contributed by atoms with E-state index in [-0.39, 0.29) is 17.4 Å². The van der Waals surface area contributed by atoms with E-state index in [1.165, 1.54) is 37.3 Å². The number of amides is 1. The van der Waals surface area contributed by atoms with Gasteiger partial charge < -0.3 is 14.8 Å². The Kier molecular flexibility index (Phi) is 7.83. The zero-order valence-electron chi connectivity index (χ0n) is 15.8. The van der Waals surface area contributed by atoms with E-state index in [0.717, 1.165) is 17.2 Å². The minimum Gasteiger partial charge on any atom is -0.493 e. The molecule has 0 atom stereocenters. The van der Waals surface area contributed by atoms with Crippen molar-refractivity contribution in [3.05, 3.63) is 59.7 Å². The zero-order valence-corrected chi connectivity index (χ0v) is 17.4. The van der Waals surface area contributed by atoms with Crippen LogP contribution in [0.5, 0.6) is 11.5 Å². The van der Waals surface area contributed by atoms with Gasteiger partial charge in [-0.25, -0.2) is 0 Å². The molecule has 1 N–H and O–H groups in total. The minimum atomic E-state index is -2.93. The zero-order chi connectivity index (χ0) is 20.6. The predicted octanol–water partition coefficient (Wildman–Crippen LogP) is 5.82. The van der Waals surface area contributed by atoms with Crippen LogP contribution in [0.15, 0.2) is 48.5 Å². The van der Waals surface area contributed by atoms with Gasteiger partial charge in [0.15, 0.2) is 11.5 Å². The third-order valence-corrected chi connectivity index (χ3v) is 7.10. The molecule has 1 amide bonds. The summed E-state index contributed by atoms with van der Waals surface area (Å²) in [6, 6.07) is 12.4. The van der Waals surface area contributed by atoms with Crippen LogP contribution in [-0.4, -0.2) is 31.1 Å². The fourth-order valence-electron chi connectivity index (χ4n) is 2.78. The standard InChI is InChI=1S/C21H21F2NO3S2/c1-26-18-12-14(6-8-17(18)27-21(22)23)7-9-19(25)24-16-5-2-4-15(13-16)20-28-10-3-11-29-20/h2,4-9,12-13,20-21H,3,10-11H2,1H3,(H,24,25)/b9-7+. The fourth-order valence-corrected chi connectivity index (χ4v) is 5.65. The van der Waals surface area contributed by atoms with Crippen molar-refractivity contribution >= 4 is 41.2 Å². The quantitative estimate of drug-likeness (QED) is 0.554. The second kappa shape index (κ2) is 10.5. The predicted molar refractivity (Wildman–Crippen MR) is 116 cm³/mol. The molecule has 8 heteroatoms. The molecule has 154 valence electrons. The summed E-state index contributed by atoms with van der Waals surface area (Å²) in [5.74, 6) is 2.14. The Labute approximate surface area is 177 Å². The van der Waals surface area contributed by atoms with Gasteiger partial charge in [0.1, 0.15) is 0 Å². The average molecular weight is 438 g/mol. The topological polar surface area (TPSA) is 47.6 Å². The number of hydrogen-bond acceptors (Lipinski definition) is 5. The Hall–Kier alpha value is -2.19. The molecule has 4 nitrogen and oxygen atoms in total. The summed E-state index contributed by atoms with van der Waals surface area (Å²) in [6.45, 7) is -2.93. The maximum atomic E-state index is 12.4. The Balaban J connectivity index is 1.64. The van der Waals surface area contributed by atoms with Crippen LogP contribution in [0.2, 0.25) is 0 Å². The van der Waals surface area contributed by atoms with Gasteiger partial charge in [-0.2, -0.15) is 8.78 Å². The highest BCUT2D eigenvalue weighted by molar-refractivity contribution is 8.16. The van der Waals surface area contributed by atoms with E-state index in [1.54, 1.807) is 12.1 Å². The van der Waals surface area contributed by atoms with Gasteiger partial charge in [-0.1, -0.05) is 18.2 Å². The first-order valence-corrected chi connectivity index (χ1v) is 11.1. The fraction of sp³-hybridized carbons (Fsp3) is 0.286. The van der Waals surface area contributed by atoms with Crippen LogP contribution in [0, 0.1) is 0 Å². The van der Waals surface area contributed by atoms with Gasteiger partial charge in [0.25, 0.3) is 0 Å². The molecule has 0 aromatic heterocycles. The van der Waals surface area contributed by atoms with Gasteiger partial charge in [0.05, 0.1) is 11.7 Å². The molecule has 1 aliphatic rings. The van der Waals surface area contributed by atoms with Crippen molar-refractivity contribution < 1.29 is 23.0 Å². The number of nitrogens with one attached hydrogen (secondary N) is 1. The highest BCUT2D eigenvalue weighted by atomic mass is 32.2. The lowest BCUT2D eigenvalue weighted by molar-refractivity contribution is -0.111. The summed E-state index contributed by atoms with van der Waals surface area (Å²) in [7, 11) is 1.36. The van der Waals surface area contributed by atoms with Crippen molar-refractivity contribution in [2.45, 2.75) is 17.6 Å². The van der Waals surface area contributed by atoms with Crippen molar-refractivity contribution in [3.63, 3.8) is 0 Å². The molecule has 1 aliphatic heterocycles. The molecule has 1 saturated heterocycles. The van der Waals surface area contributed by atoms with Crippen LogP contribution in [0.1, 0.15) is 22.1 Å². The number of methoxy groups -OCH3 is 1. The molecule has 2 aromatic rings. The molecule has 29 heavy (non-hydrogen) atoms. The number of anilines is 1. The smallest absolute Gasteiger partial charge is 0.387 e. The highest BCUT2D eigenvalue weighted by Crippen LogP contribution is 2.44. The molecule has 2 aromatic carbocycles. The lowest BCUT2D eigenvalue weighted by Crippen LogP contribution is -2.08. The number of carbonyl (C=O) groups is 1. The lowest BCUT2D eigenvalue weighted by atomic mass is 10.2. The SMILES string of the molecule is COc1cc(/C=C/C(=O)Nc2cccc(C3SCCCS3)c2)ccc1OC(F)F. The van der Waals surface area contributed by atoms with Crippen molar-refractivity contribution in [3.8, 4) is 11.5 Å². The largest absolute Gasteiger partial charge is 0.493 e. The molecule has 0 bridgehead atoms. The molecule has 1 heterocycles. The number of hydrogen-bond donors (Lipinski definition) is 1. The van der Waals surface area contributed by atoms with E-state index in [4.69, 9.17) is 4.74 Å². The van der Waals surface area contributed by atoms with Crippen molar-refractivity contribution in [2.24, 2.45) is 0 Å². The number of alkyl halides is 2. The maximum Gasteiger partial charge on any atom is 0.387 e. The molecular formula is C21H21F2NO3S2. The Morgan fingerprint density at radius 1 is 1.17 bits per heavy atom. The lowest BCUT2D eigenvalue weighted by Gasteiger charge is -2.21. The van der Waals surface area contributed by atoms with E-state index in [2.05, 4.69) is 16.1 Å². The molecule has 0 spiro atoms. The van der Waals surface area contributed by atoms with Gasteiger partial charge >= 0.3 is 6.61 Å². The third kappa shape index (κ3) is 6.40. The molecular weight excluding hydrogens is 416 g/mol. The minimum absolute atomic E-state index is 0.0561. The van der Waals surface area contributed by atoms with Crippen LogP contribution in [0.4, 0.5) is 14.5 Å². The third-order valence-electron chi connectivity index (χ3n) is 4.08. The van der Waals surface area contributed by atoms with E-state index in [1.807, 2.05) is 41.7 Å². The first-order valence-electron chi connectivity index (χ1n) is 9.00. The normalized spacial score (nSPS) is 14.9. The Morgan fingerprint density at radius 3 is 2.69 bits per heavy atom. The average Bonchev–Trinajstić information content (AvgIpc) is 2.73.